The summed E-state index contributed by atoms with van der Waals surface area (Å²) in [4.78, 5) is 11.9. The minimum atomic E-state index is -0.0896. The van der Waals surface area contributed by atoms with Gasteiger partial charge in [0.2, 0.25) is 0 Å². The van der Waals surface area contributed by atoms with Gasteiger partial charge in [-0.05, 0) is 24.3 Å². The van der Waals surface area contributed by atoms with Crippen molar-refractivity contribution in [2.24, 2.45) is 0 Å². The Morgan fingerprint density at radius 2 is 2.00 bits per heavy atom. The third kappa shape index (κ3) is 3.31. The van der Waals surface area contributed by atoms with Crippen LogP contribution >= 0.6 is 11.6 Å². The van der Waals surface area contributed by atoms with Gasteiger partial charge in [0.05, 0.1) is 18.8 Å². The molecular weight excluding hydrogens is 302 g/mol. The van der Waals surface area contributed by atoms with E-state index in [1.54, 1.807) is 25.3 Å². The Balaban J connectivity index is 0.000000847. The molecule has 118 valence electrons. The maximum absolute atomic E-state index is 11.9. The van der Waals surface area contributed by atoms with Gasteiger partial charge >= 0.3 is 0 Å². The molecular formula is C16H20ClN3O2. The average Bonchev–Trinajstić information content (AvgIpc) is 2.50. The molecule has 0 aliphatic carbocycles. The van der Waals surface area contributed by atoms with Crippen LogP contribution in [0, 0.1) is 0 Å². The Morgan fingerprint density at radius 3 is 2.59 bits per heavy atom. The van der Waals surface area contributed by atoms with Crippen molar-refractivity contribution in [2.45, 2.75) is 19.9 Å². The van der Waals surface area contributed by atoms with Crippen molar-refractivity contribution < 1.29 is 4.74 Å². The van der Waals surface area contributed by atoms with Gasteiger partial charge in [-0.1, -0.05) is 25.4 Å². The fourth-order valence-corrected chi connectivity index (χ4v) is 2.32. The van der Waals surface area contributed by atoms with E-state index in [9.17, 15) is 4.79 Å². The second-order valence-electron chi connectivity index (χ2n) is 4.66. The number of methoxy groups -OCH3 is 1. The first-order valence-electron chi connectivity index (χ1n) is 7.33. The van der Waals surface area contributed by atoms with Crippen LogP contribution in [0.4, 0.5) is 0 Å². The number of ether oxygens (including phenoxy) is 1. The van der Waals surface area contributed by atoms with Crippen LogP contribution in [0.1, 0.15) is 19.9 Å². The monoisotopic (exact) mass is 321 g/mol. The zero-order valence-electron chi connectivity index (χ0n) is 13.0. The topological polar surface area (TPSA) is 56.1 Å². The minimum Gasteiger partial charge on any atom is -0.496 e. The van der Waals surface area contributed by atoms with Crippen molar-refractivity contribution in [3.63, 3.8) is 0 Å². The number of nitrogens with one attached hydrogen (secondary N) is 1. The first-order chi connectivity index (χ1) is 10.7. The molecule has 0 amide bonds. The molecule has 1 fully saturated rings. The molecule has 1 saturated heterocycles. The number of aromatic nitrogens is 2. The van der Waals surface area contributed by atoms with E-state index in [0.29, 0.717) is 16.5 Å². The zero-order valence-corrected chi connectivity index (χ0v) is 13.7. The van der Waals surface area contributed by atoms with Gasteiger partial charge in [-0.3, -0.25) is 4.79 Å². The molecule has 1 aromatic heterocycles. The molecule has 0 spiro atoms. The van der Waals surface area contributed by atoms with Crippen molar-refractivity contribution in [2.75, 3.05) is 20.2 Å². The summed E-state index contributed by atoms with van der Waals surface area (Å²) in [6.45, 7) is 5.54. The summed E-state index contributed by atoms with van der Waals surface area (Å²) in [5.74, 6) is 0.641. The standard InChI is InChI=1S/C14H14ClN3O2.C2H6/c1-20-13-6-9(15)2-3-11(13)12-4-5-14(19)18(17-12)10-7-16-8-10;1-2/h2-6,10,16H,7-8H2,1H3;1-2H3. The maximum Gasteiger partial charge on any atom is 0.267 e. The lowest BCUT2D eigenvalue weighted by Gasteiger charge is -2.28. The van der Waals surface area contributed by atoms with E-state index in [0.717, 1.165) is 18.7 Å². The molecule has 1 aliphatic heterocycles. The summed E-state index contributed by atoms with van der Waals surface area (Å²) in [7, 11) is 1.58. The molecule has 1 N–H and O–H groups in total. The molecule has 1 aromatic carbocycles. The van der Waals surface area contributed by atoms with Crippen molar-refractivity contribution in [1.29, 1.82) is 0 Å². The lowest BCUT2D eigenvalue weighted by molar-refractivity contribution is 0.307. The molecule has 2 heterocycles. The summed E-state index contributed by atoms with van der Waals surface area (Å²) in [6, 6.07) is 8.73. The summed E-state index contributed by atoms with van der Waals surface area (Å²) in [5.41, 5.74) is 1.43. The predicted octanol–water partition coefficient (Wildman–Crippen LogP) is 2.74. The third-order valence-electron chi connectivity index (χ3n) is 3.37. The number of nitrogens with zero attached hydrogens (tertiary/aromatic N) is 2. The molecule has 1 aliphatic rings. The van der Waals surface area contributed by atoms with E-state index in [4.69, 9.17) is 16.3 Å². The van der Waals surface area contributed by atoms with E-state index < -0.39 is 0 Å². The van der Waals surface area contributed by atoms with Gasteiger partial charge in [-0.2, -0.15) is 5.10 Å². The molecule has 0 bridgehead atoms. The zero-order chi connectivity index (χ0) is 16.1. The number of benzene rings is 1. The van der Waals surface area contributed by atoms with E-state index in [-0.39, 0.29) is 11.6 Å². The van der Waals surface area contributed by atoms with Crippen LogP contribution in [0.15, 0.2) is 35.1 Å². The quantitative estimate of drug-likeness (QED) is 0.944. The highest BCUT2D eigenvalue weighted by atomic mass is 35.5. The van der Waals surface area contributed by atoms with Gasteiger partial charge in [0, 0.05) is 29.7 Å². The minimum absolute atomic E-state index is 0.0896. The van der Waals surface area contributed by atoms with Crippen molar-refractivity contribution in [3.05, 3.63) is 45.7 Å². The molecule has 0 atom stereocenters. The Morgan fingerprint density at radius 1 is 1.27 bits per heavy atom. The Bertz CT molecular complexity index is 696. The van der Waals surface area contributed by atoms with Gasteiger partial charge in [0.15, 0.2) is 0 Å². The van der Waals surface area contributed by atoms with Crippen LogP contribution in [0.2, 0.25) is 5.02 Å². The third-order valence-corrected chi connectivity index (χ3v) is 3.61. The highest BCUT2D eigenvalue weighted by Crippen LogP contribution is 2.30. The molecule has 3 rings (SSSR count). The van der Waals surface area contributed by atoms with Gasteiger partial charge in [-0.25, -0.2) is 4.68 Å². The van der Waals surface area contributed by atoms with E-state index in [1.807, 2.05) is 19.9 Å². The molecule has 0 unspecified atom stereocenters. The largest absolute Gasteiger partial charge is 0.496 e. The SMILES string of the molecule is CC.COc1cc(Cl)ccc1-c1ccc(=O)n(C2CNC2)n1. The van der Waals surface area contributed by atoms with Crippen molar-refractivity contribution in [3.8, 4) is 17.0 Å². The summed E-state index contributed by atoms with van der Waals surface area (Å²) >= 11 is 5.96. The lowest BCUT2D eigenvalue weighted by atomic mass is 10.1. The summed E-state index contributed by atoms with van der Waals surface area (Å²) < 4.78 is 6.85. The number of rotatable bonds is 3. The van der Waals surface area contributed by atoms with E-state index in [1.165, 1.54) is 10.7 Å². The van der Waals surface area contributed by atoms with Gasteiger partial charge < -0.3 is 10.1 Å². The molecule has 2 aromatic rings. The second-order valence-corrected chi connectivity index (χ2v) is 5.09. The molecule has 0 saturated carbocycles. The van der Waals surface area contributed by atoms with Crippen LogP contribution in [0.3, 0.4) is 0 Å². The van der Waals surface area contributed by atoms with E-state index in [2.05, 4.69) is 10.4 Å². The summed E-state index contributed by atoms with van der Waals surface area (Å²) in [6.07, 6.45) is 0. The second kappa shape index (κ2) is 7.42. The van der Waals surface area contributed by atoms with Crippen LogP contribution in [0.5, 0.6) is 5.75 Å². The molecule has 0 radical (unpaired) electrons. The fraction of sp³-hybridized carbons (Fsp3) is 0.375. The Labute approximate surface area is 134 Å². The number of halogens is 1. The predicted molar refractivity (Wildman–Crippen MR) is 88.7 cm³/mol. The average molecular weight is 322 g/mol. The van der Waals surface area contributed by atoms with Crippen LogP contribution in [-0.2, 0) is 0 Å². The van der Waals surface area contributed by atoms with Crippen LogP contribution in [0.25, 0.3) is 11.3 Å². The van der Waals surface area contributed by atoms with E-state index >= 15 is 0 Å². The van der Waals surface area contributed by atoms with Crippen LogP contribution < -0.4 is 15.6 Å². The van der Waals surface area contributed by atoms with Crippen LogP contribution in [-0.4, -0.2) is 30.0 Å². The van der Waals surface area contributed by atoms with Gasteiger partial charge in [0.1, 0.15) is 5.75 Å². The first-order valence-corrected chi connectivity index (χ1v) is 7.71. The first kappa shape index (κ1) is 16.5. The Hall–Kier alpha value is -1.85. The highest BCUT2D eigenvalue weighted by molar-refractivity contribution is 6.30. The Kier molecular flexibility index (Phi) is 5.57. The lowest BCUT2D eigenvalue weighted by Crippen LogP contribution is -2.47. The normalized spacial score (nSPS) is 13.8. The van der Waals surface area contributed by atoms with Gasteiger partial charge in [0.25, 0.3) is 5.56 Å². The van der Waals surface area contributed by atoms with Crippen molar-refractivity contribution in [1.82, 2.24) is 15.1 Å². The smallest absolute Gasteiger partial charge is 0.267 e. The highest BCUT2D eigenvalue weighted by Gasteiger charge is 2.21. The van der Waals surface area contributed by atoms with Crippen molar-refractivity contribution >= 4 is 11.6 Å². The molecule has 6 heteroatoms. The molecule has 22 heavy (non-hydrogen) atoms. The number of hydrogen-bond acceptors (Lipinski definition) is 4. The summed E-state index contributed by atoms with van der Waals surface area (Å²) in [5, 5.41) is 8.18. The molecule has 5 nitrogen and oxygen atoms in total. The number of hydrogen-bond donors (Lipinski definition) is 1. The fourth-order valence-electron chi connectivity index (χ4n) is 2.15. The maximum atomic E-state index is 11.9. The van der Waals surface area contributed by atoms with Gasteiger partial charge in [-0.15, -0.1) is 0 Å².